The van der Waals surface area contributed by atoms with Crippen LogP contribution in [0.1, 0.15) is 23.0 Å². The maximum Gasteiger partial charge on any atom is 0.348 e. The van der Waals surface area contributed by atoms with Gasteiger partial charge in [-0.1, -0.05) is 0 Å². The summed E-state index contributed by atoms with van der Waals surface area (Å²) >= 11 is 1.30. The molecule has 1 fully saturated rings. The number of fused-ring (bicyclic) bond motifs is 1. The highest BCUT2D eigenvalue weighted by atomic mass is 32.2. The molecule has 1 atom stereocenters. The van der Waals surface area contributed by atoms with E-state index >= 15 is 0 Å². The fourth-order valence-corrected chi connectivity index (χ4v) is 4.78. The average molecular weight is 368 g/mol. The van der Waals surface area contributed by atoms with Crippen LogP contribution in [0.5, 0.6) is 0 Å². The van der Waals surface area contributed by atoms with E-state index in [0.717, 1.165) is 29.6 Å². The van der Waals surface area contributed by atoms with Gasteiger partial charge >= 0.3 is 5.97 Å². The Balaban J connectivity index is 1.79. The van der Waals surface area contributed by atoms with Crippen LogP contribution in [0.4, 0.5) is 0 Å². The van der Waals surface area contributed by atoms with Crippen molar-refractivity contribution in [3.05, 3.63) is 29.1 Å². The van der Waals surface area contributed by atoms with Gasteiger partial charge in [-0.25, -0.2) is 17.9 Å². The Morgan fingerprint density at radius 2 is 2.25 bits per heavy atom. The molecule has 24 heavy (non-hydrogen) atoms. The Bertz CT molecular complexity index is 839. The van der Waals surface area contributed by atoms with E-state index in [2.05, 4.69) is 10.0 Å². The van der Waals surface area contributed by atoms with Crippen molar-refractivity contribution in [2.75, 3.05) is 26.2 Å². The van der Waals surface area contributed by atoms with Crippen LogP contribution < -0.4 is 10.0 Å². The molecule has 3 rings (SSSR count). The van der Waals surface area contributed by atoms with Gasteiger partial charge in [-0.2, -0.15) is 0 Å². The van der Waals surface area contributed by atoms with Gasteiger partial charge in [0.05, 0.1) is 11.5 Å². The summed E-state index contributed by atoms with van der Waals surface area (Å²) in [6.07, 6.45) is 0.981. The number of carbonyl (C=O) groups is 1. The summed E-state index contributed by atoms with van der Waals surface area (Å²) in [5.74, 6) is -0.0463. The number of ether oxygens (including phenoxy) is 1. The highest BCUT2D eigenvalue weighted by Gasteiger charge is 2.20. The molecular formula is C16H20N2O4S2. The molecule has 1 aromatic carbocycles. The molecule has 0 bridgehead atoms. The Morgan fingerprint density at radius 1 is 1.42 bits per heavy atom. The molecule has 1 aliphatic rings. The molecule has 0 spiro atoms. The number of carbonyl (C=O) groups excluding carboxylic acids is 1. The van der Waals surface area contributed by atoms with Crippen molar-refractivity contribution in [2.24, 2.45) is 5.92 Å². The first-order valence-corrected chi connectivity index (χ1v) is 10.2. The predicted octanol–water partition coefficient (Wildman–Crippen LogP) is 1.97. The molecule has 6 nitrogen and oxygen atoms in total. The van der Waals surface area contributed by atoms with Crippen molar-refractivity contribution >= 4 is 37.4 Å². The maximum absolute atomic E-state index is 12.5. The third kappa shape index (κ3) is 3.77. The van der Waals surface area contributed by atoms with Gasteiger partial charge in [-0.05, 0) is 62.0 Å². The van der Waals surface area contributed by atoms with E-state index in [1.807, 2.05) is 0 Å². The number of nitrogens with one attached hydrogen (secondary N) is 2. The second-order valence-electron chi connectivity index (χ2n) is 5.74. The highest BCUT2D eigenvalue weighted by Crippen LogP contribution is 2.28. The van der Waals surface area contributed by atoms with Gasteiger partial charge < -0.3 is 10.1 Å². The fourth-order valence-electron chi connectivity index (χ4n) is 2.69. The van der Waals surface area contributed by atoms with Crippen molar-refractivity contribution in [3.8, 4) is 0 Å². The standard InChI is InChI=1S/C16H20N2O4S2/c1-2-22-16(19)15-8-12-7-13(3-4-14(12)23-15)24(20,21)18-10-11-5-6-17-9-11/h3-4,7-8,11,17-18H,2,5-6,9-10H2,1H3. The summed E-state index contributed by atoms with van der Waals surface area (Å²) in [4.78, 5) is 12.5. The number of esters is 1. The number of thiophene rings is 1. The molecule has 130 valence electrons. The van der Waals surface area contributed by atoms with E-state index in [4.69, 9.17) is 4.74 Å². The average Bonchev–Trinajstić information content (AvgIpc) is 3.21. The van der Waals surface area contributed by atoms with E-state index < -0.39 is 10.0 Å². The Morgan fingerprint density at radius 3 is 2.96 bits per heavy atom. The summed E-state index contributed by atoms with van der Waals surface area (Å²) < 4.78 is 33.4. The minimum Gasteiger partial charge on any atom is -0.462 e. The number of sulfonamides is 1. The summed E-state index contributed by atoms with van der Waals surface area (Å²) in [7, 11) is -3.55. The van der Waals surface area contributed by atoms with E-state index in [1.54, 1.807) is 31.2 Å². The van der Waals surface area contributed by atoms with Crippen LogP contribution in [0.3, 0.4) is 0 Å². The predicted molar refractivity (Wildman–Crippen MR) is 93.9 cm³/mol. The lowest BCUT2D eigenvalue weighted by Crippen LogP contribution is -2.30. The first-order chi connectivity index (χ1) is 11.5. The maximum atomic E-state index is 12.5. The summed E-state index contributed by atoms with van der Waals surface area (Å²) in [6.45, 7) is 4.28. The first kappa shape index (κ1) is 17.3. The SMILES string of the molecule is CCOC(=O)c1cc2cc(S(=O)(=O)NCC3CCNC3)ccc2s1. The zero-order valence-corrected chi connectivity index (χ0v) is 15.0. The lowest BCUT2D eigenvalue weighted by atomic mass is 10.1. The normalized spacial score (nSPS) is 18.1. The van der Waals surface area contributed by atoms with Gasteiger partial charge in [0.25, 0.3) is 0 Å². The zero-order valence-electron chi connectivity index (χ0n) is 13.4. The molecule has 1 saturated heterocycles. The van der Waals surface area contributed by atoms with E-state index in [1.165, 1.54) is 11.3 Å². The lowest BCUT2D eigenvalue weighted by molar-refractivity contribution is 0.0532. The van der Waals surface area contributed by atoms with Crippen LogP contribution in [-0.2, 0) is 14.8 Å². The summed E-state index contributed by atoms with van der Waals surface area (Å²) in [6, 6.07) is 6.58. The topological polar surface area (TPSA) is 84.5 Å². The molecule has 0 saturated carbocycles. The molecule has 2 N–H and O–H groups in total. The van der Waals surface area contributed by atoms with Crippen molar-refractivity contribution in [1.82, 2.24) is 10.0 Å². The monoisotopic (exact) mass is 368 g/mol. The van der Waals surface area contributed by atoms with Crippen LogP contribution in [0.25, 0.3) is 10.1 Å². The summed E-state index contributed by atoms with van der Waals surface area (Å²) in [5, 5.41) is 3.95. The summed E-state index contributed by atoms with van der Waals surface area (Å²) in [5.41, 5.74) is 0. The molecule has 1 unspecified atom stereocenters. The number of hydrogen-bond acceptors (Lipinski definition) is 6. The number of benzene rings is 1. The Hall–Kier alpha value is -1.48. The third-order valence-electron chi connectivity index (χ3n) is 4.00. The van der Waals surface area contributed by atoms with E-state index in [0.29, 0.717) is 23.9 Å². The van der Waals surface area contributed by atoms with Crippen molar-refractivity contribution in [2.45, 2.75) is 18.2 Å². The van der Waals surface area contributed by atoms with Crippen molar-refractivity contribution in [3.63, 3.8) is 0 Å². The van der Waals surface area contributed by atoms with Crippen LogP contribution in [0.15, 0.2) is 29.2 Å². The van der Waals surface area contributed by atoms with Gasteiger partial charge in [-0.15, -0.1) is 11.3 Å². The largest absolute Gasteiger partial charge is 0.462 e. The second kappa shape index (κ2) is 7.18. The van der Waals surface area contributed by atoms with Gasteiger partial charge in [0.1, 0.15) is 4.88 Å². The first-order valence-electron chi connectivity index (χ1n) is 7.90. The van der Waals surface area contributed by atoms with Gasteiger partial charge in [0.2, 0.25) is 10.0 Å². The van der Waals surface area contributed by atoms with Crippen LogP contribution in [-0.4, -0.2) is 40.6 Å². The van der Waals surface area contributed by atoms with Crippen molar-refractivity contribution < 1.29 is 17.9 Å². The van der Waals surface area contributed by atoms with Crippen LogP contribution in [0.2, 0.25) is 0 Å². The van der Waals surface area contributed by atoms with Gasteiger partial charge in [-0.3, -0.25) is 0 Å². The quantitative estimate of drug-likeness (QED) is 0.762. The Kier molecular flexibility index (Phi) is 5.19. The van der Waals surface area contributed by atoms with Crippen LogP contribution >= 0.6 is 11.3 Å². The number of hydrogen-bond donors (Lipinski definition) is 2. The zero-order chi connectivity index (χ0) is 17.2. The van der Waals surface area contributed by atoms with Gasteiger partial charge in [0.15, 0.2) is 0 Å². The highest BCUT2D eigenvalue weighted by molar-refractivity contribution is 7.89. The molecule has 0 amide bonds. The second-order valence-corrected chi connectivity index (χ2v) is 8.59. The van der Waals surface area contributed by atoms with Crippen molar-refractivity contribution in [1.29, 1.82) is 0 Å². The van der Waals surface area contributed by atoms with E-state index in [9.17, 15) is 13.2 Å². The molecule has 8 heteroatoms. The molecule has 1 aromatic heterocycles. The molecule has 2 aromatic rings. The van der Waals surface area contributed by atoms with Gasteiger partial charge in [0, 0.05) is 11.2 Å². The molecule has 2 heterocycles. The molecule has 0 radical (unpaired) electrons. The minimum absolute atomic E-state index is 0.217. The van der Waals surface area contributed by atoms with Crippen LogP contribution in [0, 0.1) is 5.92 Å². The Labute approximate surface area is 145 Å². The molecular weight excluding hydrogens is 348 g/mol. The number of rotatable bonds is 6. The molecule has 1 aliphatic heterocycles. The fraction of sp³-hybridized carbons (Fsp3) is 0.438. The molecule has 0 aliphatic carbocycles. The minimum atomic E-state index is -3.55. The smallest absolute Gasteiger partial charge is 0.348 e. The lowest BCUT2D eigenvalue weighted by Gasteiger charge is -2.10. The third-order valence-corrected chi connectivity index (χ3v) is 6.52. The van der Waals surface area contributed by atoms with E-state index in [-0.39, 0.29) is 10.9 Å².